The van der Waals surface area contributed by atoms with Gasteiger partial charge in [-0.2, -0.15) is 0 Å². The standard InChI is InChI=1S/C26H28FN5O6/c1-36-19-5-3-16-21(32-19)20(15(27)11-28-16)22(34)23(35)26-8-6-25(7-9-26,13-38-26)29-10-14-2-4-17-24(30-14)31-18(33)12-37-17/h2-5,11,22-23,29,34-35H,6-10,12-13H2,1H3,(H,30,31,33). The van der Waals surface area contributed by atoms with Crippen molar-refractivity contribution in [3.63, 3.8) is 0 Å². The van der Waals surface area contributed by atoms with Gasteiger partial charge in [-0.15, -0.1) is 0 Å². The van der Waals surface area contributed by atoms with Gasteiger partial charge in [0, 0.05) is 23.7 Å². The highest BCUT2D eigenvalue weighted by molar-refractivity contribution is 5.94. The molecule has 6 heterocycles. The maximum absolute atomic E-state index is 14.9. The van der Waals surface area contributed by atoms with Crippen LogP contribution in [0.4, 0.5) is 10.2 Å². The van der Waals surface area contributed by atoms with Gasteiger partial charge in [-0.1, -0.05) is 0 Å². The minimum absolute atomic E-state index is 0.0241. The van der Waals surface area contributed by atoms with Crippen molar-refractivity contribution >= 4 is 22.8 Å². The molecule has 2 saturated heterocycles. The van der Waals surface area contributed by atoms with E-state index in [9.17, 15) is 19.4 Å². The van der Waals surface area contributed by atoms with Gasteiger partial charge in [0.2, 0.25) is 5.88 Å². The average molecular weight is 526 g/mol. The van der Waals surface area contributed by atoms with Crippen LogP contribution in [0.1, 0.15) is 43.0 Å². The Morgan fingerprint density at radius 2 is 2.00 bits per heavy atom. The molecule has 0 aromatic carbocycles. The zero-order valence-electron chi connectivity index (χ0n) is 20.7. The number of amides is 1. The zero-order chi connectivity index (χ0) is 26.5. The summed E-state index contributed by atoms with van der Waals surface area (Å²) in [6, 6.07) is 6.84. The van der Waals surface area contributed by atoms with Gasteiger partial charge in [0.25, 0.3) is 5.91 Å². The molecular weight excluding hydrogens is 497 g/mol. The number of aliphatic hydroxyl groups is 2. The lowest BCUT2D eigenvalue weighted by Crippen LogP contribution is -2.65. The number of aliphatic hydroxyl groups excluding tert-OH is 2. The van der Waals surface area contributed by atoms with Crippen molar-refractivity contribution in [2.75, 3.05) is 25.6 Å². The number of hydrogen-bond donors (Lipinski definition) is 4. The molecule has 4 N–H and O–H groups in total. The van der Waals surface area contributed by atoms with Crippen LogP contribution in [0.2, 0.25) is 0 Å². The lowest BCUT2D eigenvalue weighted by molar-refractivity contribution is -0.228. The van der Waals surface area contributed by atoms with Crippen LogP contribution < -0.4 is 20.1 Å². The third-order valence-electron chi connectivity index (χ3n) is 7.89. The van der Waals surface area contributed by atoms with E-state index in [1.165, 1.54) is 7.11 Å². The summed E-state index contributed by atoms with van der Waals surface area (Å²) in [7, 11) is 1.44. The average Bonchev–Trinajstić information content (AvgIpc) is 2.95. The van der Waals surface area contributed by atoms with Gasteiger partial charge in [-0.05, 0) is 43.9 Å². The van der Waals surface area contributed by atoms with Crippen molar-refractivity contribution in [2.24, 2.45) is 0 Å². The quantitative estimate of drug-likeness (QED) is 0.360. The Morgan fingerprint density at radius 3 is 2.74 bits per heavy atom. The minimum Gasteiger partial charge on any atom is -0.481 e. The summed E-state index contributed by atoms with van der Waals surface area (Å²) in [6.45, 7) is 0.739. The zero-order valence-corrected chi connectivity index (χ0v) is 20.7. The van der Waals surface area contributed by atoms with Crippen molar-refractivity contribution in [1.82, 2.24) is 20.3 Å². The first-order valence-electron chi connectivity index (χ1n) is 12.5. The SMILES string of the molecule is COc1ccc2ncc(F)c(C(O)C(O)C34CCC(NCc5ccc6c(n5)NC(=O)CO6)(CC3)CO4)c2n1. The molecule has 200 valence electrons. The van der Waals surface area contributed by atoms with Gasteiger partial charge in [0.1, 0.15) is 23.5 Å². The van der Waals surface area contributed by atoms with E-state index in [4.69, 9.17) is 14.2 Å². The van der Waals surface area contributed by atoms with Gasteiger partial charge < -0.3 is 35.1 Å². The molecule has 1 aliphatic carbocycles. The summed E-state index contributed by atoms with van der Waals surface area (Å²) in [5.74, 6) is 0.184. The summed E-state index contributed by atoms with van der Waals surface area (Å²) in [5, 5.41) is 28.8. The molecule has 2 atom stereocenters. The fourth-order valence-corrected chi connectivity index (χ4v) is 5.60. The van der Waals surface area contributed by atoms with E-state index in [0.29, 0.717) is 55.9 Å². The molecule has 2 bridgehead atoms. The molecule has 1 amide bonds. The number of rotatable bonds is 7. The highest BCUT2D eigenvalue weighted by Crippen LogP contribution is 2.48. The van der Waals surface area contributed by atoms with Crippen LogP contribution in [0.5, 0.6) is 11.6 Å². The number of aromatic nitrogens is 3. The van der Waals surface area contributed by atoms with Gasteiger partial charge in [-0.3, -0.25) is 9.78 Å². The number of fused-ring (bicyclic) bond motifs is 5. The van der Waals surface area contributed by atoms with Gasteiger partial charge in [0.05, 0.1) is 36.7 Å². The molecule has 3 aliphatic heterocycles. The Labute approximate surface area is 217 Å². The number of ether oxygens (including phenoxy) is 3. The molecule has 7 rings (SSSR count). The monoisotopic (exact) mass is 525 g/mol. The molecule has 3 aromatic rings. The summed E-state index contributed by atoms with van der Waals surface area (Å²) in [4.78, 5) is 24.4. The maximum Gasteiger partial charge on any atom is 0.263 e. The van der Waals surface area contributed by atoms with Crippen LogP contribution in [-0.2, 0) is 16.1 Å². The Kier molecular flexibility index (Phi) is 6.14. The number of hydrogen-bond acceptors (Lipinski definition) is 10. The number of nitrogens with zero attached hydrogens (tertiary/aromatic N) is 3. The maximum atomic E-state index is 14.9. The van der Waals surface area contributed by atoms with Crippen molar-refractivity contribution in [3.8, 4) is 11.6 Å². The largest absolute Gasteiger partial charge is 0.481 e. The normalized spacial score (nSPS) is 25.8. The number of carbonyl (C=O) groups is 1. The van der Waals surface area contributed by atoms with Crippen molar-refractivity contribution in [2.45, 2.75) is 55.6 Å². The fraction of sp³-hybridized carbons (Fsp3) is 0.462. The molecule has 11 nitrogen and oxygen atoms in total. The van der Waals surface area contributed by atoms with Crippen LogP contribution in [-0.4, -0.2) is 68.6 Å². The molecule has 1 saturated carbocycles. The number of anilines is 1. The third-order valence-corrected chi connectivity index (χ3v) is 7.89. The van der Waals surface area contributed by atoms with Crippen LogP contribution in [0.3, 0.4) is 0 Å². The molecule has 3 fully saturated rings. The summed E-state index contributed by atoms with van der Waals surface area (Å²) >= 11 is 0. The summed E-state index contributed by atoms with van der Waals surface area (Å²) in [5.41, 5.74) is -0.222. The molecule has 12 heteroatoms. The van der Waals surface area contributed by atoms with E-state index in [2.05, 4.69) is 25.6 Å². The van der Waals surface area contributed by atoms with E-state index in [1.54, 1.807) is 18.2 Å². The molecule has 2 unspecified atom stereocenters. The third kappa shape index (κ3) is 4.23. The predicted molar refractivity (Wildman–Crippen MR) is 132 cm³/mol. The molecular formula is C26H28FN5O6. The van der Waals surface area contributed by atoms with Crippen molar-refractivity contribution in [3.05, 3.63) is 47.5 Å². The second-order valence-corrected chi connectivity index (χ2v) is 10.1. The summed E-state index contributed by atoms with van der Waals surface area (Å²) in [6.07, 6.45) is 0.391. The predicted octanol–water partition coefficient (Wildman–Crippen LogP) is 1.77. The number of halogens is 1. The number of methoxy groups -OCH3 is 1. The lowest BCUT2D eigenvalue weighted by Gasteiger charge is -2.55. The van der Waals surface area contributed by atoms with E-state index >= 15 is 0 Å². The fourth-order valence-electron chi connectivity index (χ4n) is 5.60. The Balaban J connectivity index is 1.16. The van der Waals surface area contributed by atoms with E-state index < -0.39 is 23.6 Å². The van der Waals surface area contributed by atoms with Gasteiger partial charge in [-0.25, -0.2) is 14.4 Å². The number of nitrogens with one attached hydrogen (secondary N) is 2. The topological polar surface area (TPSA) is 148 Å². The van der Waals surface area contributed by atoms with Crippen LogP contribution in [0.15, 0.2) is 30.5 Å². The van der Waals surface area contributed by atoms with E-state index in [1.807, 2.05) is 6.07 Å². The Hall–Kier alpha value is -3.45. The molecule has 0 radical (unpaired) electrons. The van der Waals surface area contributed by atoms with Crippen molar-refractivity contribution < 1.29 is 33.6 Å². The van der Waals surface area contributed by atoms with Crippen LogP contribution in [0, 0.1) is 5.82 Å². The summed E-state index contributed by atoms with van der Waals surface area (Å²) < 4.78 is 31.6. The minimum atomic E-state index is -1.57. The molecule has 38 heavy (non-hydrogen) atoms. The molecule has 3 aromatic heterocycles. The van der Waals surface area contributed by atoms with Crippen LogP contribution >= 0.6 is 0 Å². The smallest absolute Gasteiger partial charge is 0.263 e. The first-order chi connectivity index (χ1) is 18.3. The van der Waals surface area contributed by atoms with Crippen LogP contribution in [0.25, 0.3) is 11.0 Å². The second-order valence-electron chi connectivity index (χ2n) is 10.1. The first-order valence-corrected chi connectivity index (χ1v) is 12.5. The van der Waals surface area contributed by atoms with Gasteiger partial charge >= 0.3 is 0 Å². The highest BCUT2D eigenvalue weighted by Gasteiger charge is 2.55. The van der Waals surface area contributed by atoms with E-state index in [0.717, 1.165) is 11.9 Å². The molecule has 0 spiro atoms. The number of pyridine rings is 3. The highest BCUT2D eigenvalue weighted by atomic mass is 19.1. The van der Waals surface area contributed by atoms with Gasteiger partial charge in [0.15, 0.2) is 18.2 Å². The molecule has 4 aliphatic rings. The Bertz CT molecular complexity index is 1380. The second kappa shape index (κ2) is 9.38. The number of carbonyl (C=O) groups excluding carboxylic acids is 1. The van der Waals surface area contributed by atoms with E-state index in [-0.39, 0.29) is 35.0 Å². The Morgan fingerprint density at radius 1 is 1.18 bits per heavy atom. The van der Waals surface area contributed by atoms with Crippen molar-refractivity contribution in [1.29, 1.82) is 0 Å². The first kappa shape index (κ1) is 24.9. The lowest BCUT2D eigenvalue weighted by atomic mass is 9.67.